The van der Waals surface area contributed by atoms with E-state index in [2.05, 4.69) is 9.72 Å². The fourth-order valence-electron chi connectivity index (χ4n) is 1.36. The molecular weight excluding hydrogens is 377 g/mol. The second-order valence-corrected chi connectivity index (χ2v) is 4.44. The highest BCUT2D eigenvalue weighted by atomic mass is 127. The molecule has 0 spiro atoms. The molecule has 0 unspecified atom stereocenters. The largest absolute Gasteiger partial charge is 0.466 e. The molecule has 0 bridgehead atoms. The van der Waals surface area contributed by atoms with Gasteiger partial charge in [0.1, 0.15) is 11.8 Å². The normalized spacial score (nSPS) is 10.6. The number of pyridine rings is 1. The number of carbonyl (C=O) groups excluding carboxylic acids is 1. The number of aromatic nitrogens is 1. The van der Waals surface area contributed by atoms with Crippen LogP contribution in [0.15, 0.2) is 6.20 Å². The lowest BCUT2D eigenvalue weighted by Crippen LogP contribution is -2.12. The molecule has 0 fully saturated rings. The number of hydrogen-bond acceptors (Lipinski definition) is 5. The molecule has 1 aromatic heterocycles. The number of alkyl halides is 2. The van der Waals surface area contributed by atoms with E-state index in [-0.39, 0.29) is 22.3 Å². The van der Waals surface area contributed by atoms with E-state index in [1.807, 2.05) is 0 Å². The van der Waals surface area contributed by atoms with Gasteiger partial charge < -0.3 is 4.74 Å². The summed E-state index contributed by atoms with van der Waals surface area (Å²) >= 11 is 1.52. The highest BCUT2D eigenvalue weighted by Gasteiger charge is 2.28. The molecule has 0 aliphatic rings. The van der Waals surface area contributed by atoms with Crippen molar-refractivity contribution in [2.45, 2.75) is 19.8 Å². The second kappa shape index (κ2) is 6.68. The first-order valence-corrected chi connectivity index (χ1v) is 6.21. The maximum Gasteiger partial charge on any atom is 0.311 e. The molecule has 1 heterocycles. The van der Waals surface area contributed by atoms with E-state index in [9.17, 15) is 23.7 Å². The molecule has 6 nitrogen and oxygen atoms in total. The number of esters is 1. The van der Waals surface area contributed by atoms with E-state index in [0.717, 1.165) is 6.20 Å². The van der Waals surface area contributed by atoms with Crippen LogP contribution in [0, 0.1) is 13.7 Å². The van der Waals surface area contributed by atoms with Crippen LogP contribution in [0.4, 0.5) is 14.5 Å². The van der Waals surface area contributed by atoms with Crippen molar-refractivity contribution in [3.63, 3.8) is 0 Å². The summed E-state index contributed by atoms with van der Waals surface area (Å²) in [5.74, 6) is -0.623. The minimum Gasteiger partial charge on any atom is -0.466 e. The van der Waals surface area contributed by atoms with Gasteiger partial charge in [0.15, 0.2) is 0 Å². The molecule has 0 saturated heterocycles. The van der Waals surface area contributed by atoms with E-state index in [1.54, 1.807) is 6.92 Å². The summed E-state index contributed by atoms with van der Waals surface area (Å²) in [5, 5.41) is 10.7. The van der Waals surface area contributed by atoms with Crippen molar-refractivity contribution in [1.82, 2.24) is 4.98 Å². The molecule has 19 heavy (non-hydrogen) atoms. The Labute approximate surface area is 120 Å². The summed E-state index contributed by atoms with van der Waals surface area (Å²) in [4.78, 5) is 24.7. The Morgan fingerprint density at radius 1 is 1.63 bits per heavy atom. The Morgan fingerprint density at radius 2 is 2.26 bits per heavy atom. The lowest BCUT2D eigenvalue weighted by Gasteiger charge is -2.08. The zero-order valence-electron chi connectivity index (χ0n) is 9.73. The van der Waals surface area contributed by atoms with Crippen LogP contribution in [-0.2, 0) is 16.0 Å². The highest BCUT2D eigenvalue weighted by molar-refractivity contribution is 14.1. The van der Waals surface area contributed by atoms with E-state index >= 15 is 0 Å². The number of rotatable bonds is 5. The van der Waals surface area contributed by atoms with Gasteiger partial charge in [0.2, 0.25) is 0 Å². The quantitative estimate of drug-likeness (QED) is 0.336. The third kappa shape index (κ3) is 3.78. The Bertz CT molecular complexity index is 511. The van der Waals surface area contributed by atoms with E-state index in [1.165, 1.54) is 22.6 Å². The Morgan fingerprint density at radius 3 is 2.74 bits per heavy atom. The third-order valence-electron chi connectivity index (χ3n) is 2.14. The Kier molecular flexibility index (Phi) is 5.51. The molecule has 0 aromatic carbocycles. The van der Waals surface area contributed by atoms with Crippen molar-refractivity contribution < 1.29 is 23.2 Å². The molecule has 104 valence electrons. The molecule has 0 aliphatic heterocycles. The van der Waals surface area contributed by atoms with Crippen LogP contribution in [-0.4, -0.2) is 22.5 Å². The van der Waals surface area contributed by atoms with Gasteiger partial charge in [-0.2, -0.15) is 0 Å². The summed E-state index contributed by atoms with van der Waals surface area (Å²) < 4.78 is 30.3. The highest BCUT2D eigenvalue weighted by Crippen LogP contribution is 2.33. The maximum atomic E-state index is 12.9. The number of nitrogens with zero attached hydrogens (tertiary/aromatic N) is 2. The van der Waals surface area contributed by atoms with Gasteiger partial charge in [-0.05, 0) is 29.5 Å². The van der Waals surface area contributed by atoms with Gasteiger partial charge in [-0.1, -0.05) is 0 Å². The molecule has 1 rings (SSSR count). The molecule has 0 atom stereocenters. The van der Waals surface area contributed by atoms with Crippen molar-refractivity contribution in [2.24, 2.45) is 0 Å². The summed E-state index contributed by atoms with van der Waals surface area (Å²) in [6.45, 7) is 1.76. The molecule has 9 heteroatoms. The van der Waals surface area contributed by atoms with Crippen LogP contribution in [0.2, 0.25) is 0 Å². The second-order valence-electron chi connectivity index (χ2n) is 3.36. The minimum atomic E-state index is -3.02. The molecule has 0 amide bonds. The molecule has 0 radical (unpaired) electrons. The minimum absolute atomic E-state index is 0.0416. The average molecular weight is 386 g/mol. The molecule has 1 aromatic rings. The summed E-state index contributed by atoms with van der Waals surface area (Å²) in [6, 6.07) is 0. The number of carbonyl (C=O) groups is 1. The lowest BCUT2D eigenvalue weighted by atomic mass is 10.1. The SMILES string of the molecule is CCOC(=O)Cc1ncc([N+](=O)[O-])c(C(F)F)c1I. The molecule has 0 aliphatic carbocycles. The van der Waals surface area contributed by atoms with E-state index < -0.39 is 28.6 Å². The van der Waals surface area contributed by atoms with Gasteiger partial charge in [-0.25, -0.2) is 8.78 Å². The van der Waals surface area contributed by atoms with Crippen molar-refractivity contribution >= 4 is 34.2 Å². The van der Waals surface area contributed by atoms with Crippen molar-refractivity contribution in [3.05, 3.63) is 31.1 Å². The van der Waals surface area contributed by atoms with Crippen molar-refractivity contribution in [3.8, 4) is 0 Å². The third-order valence-corrected chi connectivity index (χ3v) is 3.34. The van der Waals surface area contributed by atoms with Crippen LogP contribution in [0.1, 0.15) is 24.6 Å². The van der Waals surface area contributed by atoms with Gasteiger partial charge in [-0.3, -0.25) is 19.9 Å². The number of ether oxygens (including phenoxy) is 1. The molecule has 0 saturated carbocycles. The summed E-state index contributed by atoms with van der Waals surface area (Å²) in [5.41, 5.74) is -1.44. The number of hydrogen-bond donors (Lipinski definition) is 0. The fourth-order valence-corrected chi connectivity index (χ4v) is 2.20. The van der Waals surface area contributed by atoms with E-state index in [4.69, 9.17) is 0 Å². The lowest BCUT2D eigenvalue weighted by molar-refractivity contribution is -0.386. The van der Waals surface area contributed by atoms with Crippen LogP contribution in [0.25, 0.3) is 0 Å². The zero-order chi connectivity index (χ0) is 14.6. The predicted octanol–water partition coefficient (Wildman–Crippen LogP) is 2.64. The monoisotopic (exact) mass is 386 g/mol. The van der Waals surface area contributed by atoms with Gasteiger partial charge in [0, 0.05) is 0 Å². The molecular formula is C10H9F2IN2O4. The van der Waals surface area contributed by atoms with Crippen LogP contribution in [0.5, 0.6) is 0 Å². The van der Waals surface area contributed by atoms with Gasteiger partial charge in [-0.15, -0.1) is 0 Å². The smallest absolute Gasteiger partial charge is 0.311 e. The van der Waals surface area contributed by atoms with Crippen molar-refractivity contribution in [2.75, 3.05) is 6.61 Å². The van der Waals surface area contributed by atoms with Crippen molar-refractivity contribution in [1.29, 1.82) is 0 Å². The number of halogens is 3. The Hall–Kier alpha value is -1.39. The number of nitro groups is 1. The zero-order valence-corrected chi connectivity index (χ0v) is 11.9. The van der Waals surface area contributed by atoms with Gasteiger partial charge in [0.05, 0.1) is 27.2 Å². The maximum absolute atomic E-state index is 12.9. The summed E-state index contributed by atoms with van der Waals surface area (Å²) in [6.07, 6.45) is -2.58. The molecule has 0 N–H and O–H groups in total. The van der Waals surface area contributed by atoms with Crippen LogP contribution < -0.4 is 0 Å². The first-order valence-electron chi connectivity index (χ1n) is 5.13. The predicted molar refractivity (Wildman–Crippen MR) is 68.9 cm³/mol. The first kappa shape index (κ1) is 15.7. The Balaban J connectivity index is 3.20. The standard InChI is InChI=1S/C10H9F2IN2O4/c1-2-19-7(16)3-5-9(13)8(10(11)12)6(4-14-5)15(17)18/h4,10H,2-3H2,1H3. The van der Waals surface area contributed by atoms with Gasteiger partial charge >= 0.3 is 5.97 Å². The summed E-state index contributed by atoms with van der Waals surface area (Å²) in [7, 11) is 0. The first-order chi connectivity index (χ1) is 8.88. The van der Waals surface area contributed by atoms with Gasteiger partial charge in [0.25, 0.3) is 12.1 Å². The average Bonchev–Trinajstić information content (AvgIpc) is 2.30. The van der Waals surface area contributed by atoms with Crippen LogP contribution in [0.3, 0.4) is 0 Å². The van der Waals surface area contributed by atoms with Crippen LogP contribution >= 0.6 is 22.6 Å². The van der Waals surface area contributed by atoms with E-state index in [0.29, 0.717) is 0 Å². The fraction of sp³-hybridized carbons (Fsp3) is 0.400. The topological polar surface area (TPSA) is 82.3 Å².